The fraction of sp³-hybridized carbons (Fsp3) is 0.800. The van der Waals surface area contributed by atoms with E-state index < -0.39 is 5.97 Å². The molecule has 0 radical (unpaired) electrons. The minimum absolute atomic E-state index is 0.332. The summed E-state index contributed by atoms with van der Waals surface area (Å²) in [6.45, 7) is 0.761. The molecule has 1 rings (SSSR count). The number of halogens is 1. The molecule has 1 heterocycles. The number of alkyl halides is 1. The maximum absolute atomic E-state index is 10.3. The van der Waals surface area contributed by atoms with E-state index in [2.05, 4.69) is 21.2 Å². The molecule has 0 amide bonds. The van der Waals surface area contributed by atoms with Gasteiger partial charge in [0.1, 0.15) is 6.04 Å². The van der Waals surface area contributed by atoms with Gasteiger partial charge in [0.2, 0.25) is 0 Å². The van der Waals surface area contributed by atoms with Crippen LogP contribution in [-0.2, 0) is 4.79 Å². The Kier molecular flexibility index (Phi) is 2.08. The van der Waals surface area contributed by atoms with E-state index in [1.165, 1.54) is 0 Å². The summed E-state index contributed by atoms with van der Waals surface area (Å²) in [6.07, 6.45) is 0.690. The Morgan fingerprint density at radius 1 is 1.78 bits per heavy atom. The zero-order chi connectivity index (χ0) is 6.85. The molecule has 1 fully saturated rings. The van der Waals surface area contributed by atoms with Gasteiger partial charge in [0.25, 0.3) is 0 Å². The average Bonchev–Trinajstić information content (AvgIpc) is 2.14. The summed E-state index contributed by atoms with van der Waals surface area (Å²) >= 11 is 3.32. The van der Waals surface area contributed by atoms with Crippen LogP contribution in [-0.4, -0.2) is 28.5 Å². The second kappa shape index (κ2) is 2.66. The highest BCUT2D eigenvalue weighted by Crippen LogP contribution is 2.13. The fourth-order valence-corrected chi connectivity index (χ4v) is 1.44. The third kappa shape index (κ3) is 1.66. The Balaban J connectivity index is 2.39. The number of nitrogens with one attached hydrogen (secondary N) is 1. The molecule has 2 N–H and O–H groups in total. The molecular formula is C5H8BrNO2. The predicted molar refractivity (Wildman–Crippen MR) is 36.8 cm³/mol. The summed E-state index contributed by atoms with van der Waals surface area (Å²) in [6, 6.07) is -0.339. The van der Waals surface area contributed by atoms with Crippen LogP contribution in [0.3, 0.4) is 0 Å². The van der Waals surface area contributed by atoms with Crippen LogP contribution in [0.25, 0.3) is 0 Å². The van der Waals surface area contributed by atoms with E-state index in [9.17, 15) is 4.79 Å². The lowest BCUT2D eigenvalue weighted by Gasteiger charge is -1.99. The first kappa shape index (κ1) is 7.02. The van der Waals surface area contributed by atoms with Gasteiger partial charge in [-0.1, -0.05) is 15.9 Å². The van der Waals surface area contributed by atoms with E-state index in [0.29, 0.717) is 11.2 Å². The van der Waals surface area contributed by atoms with Gasteiger partial charge in [0.05, 0.1) is 0 Å². The number of carboxylic acid groups (broad SMARTS) is 1. The minimum Gasteiger partial charge on any atom is -0.480 e. The van der Waals surface area contributed by atoms with Crippen LogP contribution in [0.15, 0.2) is 0 Å². The van der Waals surface area contributed by atoms with Crippen LogP contribution in [0.1, 0.15) is 6.42 Å². The summed E-state index contributed by atoms with van der Waals surface area (Å²) in [5, 5.41) is 11.3. The largest absolute Gasteiger partial charge is 0.480 e. The monoisotopic (exact) mass is 193 g/mol. The van der Waals surface area contributed by atoms with Crippen molar-refractivity contribution < 1.29 is 9.90 Å². The van der Waals surface area contributed by atoms with Crippen molar-refractivity contribution in [2.45, 2.75) is 17.3 Å². The van der Waals surface area contributed by atoms with E-state index in [1.54, 1.807) is 0 Å². The summed E-state index contributed by atoms with van der Waals surface area (Å²) in [5.41, 5.74) is 0. The standard InChI is InChI=1S/C5H8BrNO2/c6-3-1-4(5(8)9)7-2-3/h3-4,7H,1-2H2,(H,8,9)/t3-,4+/m1/s1. The van der Waals surface area contributed by atoms with Gasteiger partial charge >= 0.3 is 5.97 Å². The molecule has 9 heavy (non-hydrogen) atoms. The molecule has 0 aliphatic carbocycles. The van der Waals surface area contributed by atoms with Crippen molar-refractivity contribution in [2.24, 2.45) is 0 Å². The molecule has 1 saturated heterocycles. The van der Waals surface area contributed by atoms with Gasteiger partial charge in [-0.25, -0.2) is 0 Å². The number of hydrogen-bond donors (Lipinski definition) is 2. The van der Waals surface area contributed by atoms with Gasteiger partial charge in [0, 0.05) is 11.4 Å². The molecule has 0 unspecified atom stereocenters. The molecule has 0 bridgehead atoms. The van der Waals surface area contributed by atoms with Crippen LogP contribution in [0.2, 0.25) is 0 Å². The lowest BCUT2D eigenvalue weighted by atomic mass is 10.2. The van der Waals surface area contributed by atoms with Gasteiger partial charge in [-0.15, -0.1) is 0 Å². The second-order valence-corrected chi connectivity index (χ2v) is 3.43. The van der Waals surface area contributed by atoms with Crippen molar-refractivity contribution in [3.8, 4) is 0 Å². The van der Waals surface area contributed by atoms with Gasteiger partial charge in [0.15, 0.2) is 0 Å². The van der Waals surface area contributed by atoms with Gasteiger partial charge in [-0.3, -0.25) is 4.79 Å². The molecule has 0 aromatic heterocycles. The average molecular weight is 194 g/mol. The molecule has 0 aromatic carbocycles. The number of rotatable bonds is 1. The van der Waals surface area contributed by atoms with E-state index in [1.807, 2.05) is 0 Å². The number of hydrogen-bond acceptors (Lipinski definition) is 2. The Hall–Kier alpha value is -0.0900. The van der Waals surface area contributed by atoms with Crippen LogP contribution in [0.5, 0.6) is 0 Å². The summed E-state index contributed by atoms with van der Waals surface area (Å²) in [4.78, 5) is 10.6. The van der Waals surface area contributed by atoms with Crippen LogP contribution >= 0.6 is 15.9 Å². The SMILES string of the molecule is O=C(O)[C@@H]1C[C@@H](Br)CN1. The number of carbonyl (C=O) groups is 1. The van der Waals surface area contributed by atoms with Crippen LogP contribution < -0.4 is 5.32 Å². The molecule has 0 aromatic rings. The molecule has 0 spiro atoms. The van der Waals surface area contributed by atoms with Crippen molar-refractivity contribution in [1.29, 1.82) is 0 Å². The summed E-state index contributed by atoms with van der Waals surface area (Å²) in [5.74, 6) is -0.753. The van der Waals surface area contributed by atoms with Crippen molar-refractivity contribution in [1.82, 2.24) is 5.32 Å². The highest BCUT2D eigenvalue weighted by atomic mass is 79.9. The molecule has 0 saturated carbocycles. The minimum atomic E-state index is -0.753. The first-order valence-electron chi connectivity index (χ1n) is 2.80. The predicted octanol–water partition coefficient (Wildman–Crippen LogP) is 0.196. The smallest absolute Gasteiger partial charge is 0.320 e. The van der Waals surface area contributed by atoms with Gasteiger partial charge < -0.3 is 10.4 Å². The molecule has 52 valence electrons. The maximum atomic E-state index is 10.3. The van der Waals surface area contributed by atoms with E-state index in [0.717, 1.165) is 6.54 Å². The zero-order valence-electron chi connectivity index (χ0n) is 4.80. The Morgan fingerprint density at radius 2 is 2.44 bits per heavy atom. The van der Waals surface area contributed by atoms with Crippen molar-refractivity contribution in [2.75, 3.05) is 6.54 Å². The van der Waals surface area contributed by atoms with E-state index >= 15 is 0 Å². The van der Waals surface area contributed by atoms with Crippen LogP contribution in [0.4, 0.5) is 0 Å². The Bertz CT molecular complexity index is 128. The van der Waals surface area contributed by atoms with Crippen molar-refractivity contribution in [3.05, 3.63) is 0 Å². The lowest BCUT2D eigenvalue weighted by molar-refractivity contribution is -0.139. The van der Waals surface area contributed by atoms with Crippen molar-refractivity contribution >= 4 is 21.9 Å². The molecule has 4 heteroatoms. The summed E-state index contributed by atoms with van der Waals surface area (Å²) < 4.78 is 0. The topological polar surface area (TPSA) is 49.3 Å². The first-order valence-corrected chi connectivity index (χ1v) is 3.72. The fourth-order valence-electron chi connectivity index (χ4n) is 0.881. The van der Waals surface area contributed by atoms with E-state index in [-0.39, 0.29) is 6.04 Å². The molecule has 2 atom stereocenters. The van der Waals surface area contributed by atoms with Crippen LogP contribution in [0, 0.1) is 0 Å². The first-order chi connectivity index (χ1) is 4.20. The van der Waals surface area contributed by atoms with E-state index in [4.69, 9.17) is 5.11 Å². The van der Waals surface area contributed by atoms with Gasteiger partial charge in [-0.2, -0.15) is 0 Å². The maximum Gasteiger partial charge on any atom is 0.320 e. The highest BCUT2D eigenvalue weighted by Gasteiger charge is 2.26. The molecule has 1 aliphatic heterocycles. The Morgan fingerprint density at radius 3 is 2.67 bits per heavy atom. The normalized spacial score (nSPS) is 34.8. The molecular weight excluding hydrogens is 186 g/mol. The second-order valence-electron chi connectivity index (χ2n) is 2.13. The molecule has 3 nitrogen and oxygen atoms in total. The Labute approximate surface area is 61.6 Å². The third-order valence-corrected chi connectivity index (χ3v) is 2.07. The molecule has 1 aliphatic rings. The highest BCUT2D eigenvalue weighted by molar-refractivity contribution is 9.09. The summed E-state index contributed by atoms with van der Waals surface area (Å²) in [7, 11) is 0. The zero-order valence-corrected chi connectivity index (χ0v) is 6.39. The quantitative estimate of drug-likeness (QED) is 0.586. The third-order valence-electron chi connectivity index (χ3n) is 1.38. The van der Waals surface area contributed by atoms with Crippen molar-refractivity contribution in [3.63, 3.8) is 0 Å². The lowest BCUT2D eigenvalue weighted by Crippen LogP contribution is -2.29. The van der Waals surface area contributed by atoms with Gasteiger partial charge in [-0.05, 0) is 6.42 Å². The number of aliphatic carboxylic acids is 1. The number of carboxylic acids is 1.